The summed E-state index contributed by atoms with van der Waals surface area (Å²) in [6.07, 6.45) is 0. The van der Waals surface area contributed by atoms with Crippen molar-refractivity contribution in [1.82, 2.24) is 5.32 Å². The third-order valence-corrected chi connectivity index (χ3v) is 2.63. The zero-order valence-electron chi connectivity index (χ0n) is 9.34. The SMILES string of the molecule is CCNC(=O)CNc1ccc(Br)c(OC)c1. The van der Waals surface area contributed by atoms with E-state index in [0.717, 1.165) is 15.9 Å². The van der Waals surface area contributed by atoms with Crippen LogP contribution in [0.1, 0.15) is 6.92 Å². The van der Waals surface area contributed by atoms with Gasteiger partial charge < -0.3 is 15.4 Å². The minimum atomic E-state index is -0.0237. The molecule has 0 spiro atoms. The molecule has 5 heteroatoms. The monoisotopic (exact) mass is 286 g/mol. The molecule has 0 radical (unpaired) electrons. The highest BCUT2D eigenvalue weighted by Gasteiger charge is 2.03. The van der Waals surface area contributed by atoms with Crippen LogP contribution >= 0.6 is 15.9 Å². The van der Waals surface area contributed by atoms with Crippen molar-refractivity contribution in [1.29, 1.82) is 0 Å². The lowest BCUT2D eigenvalue weighted by Gasteiger charge is -2.09. The Morgan fingerprint density at radius 2 is 2.25 bits per heavy atom. The highest BCUT2D eigenvalue weighted by Crippen LogP contribution is 2.27. The molecule has 0 aliphatic carbocycles. The lowest BCUT2D eigenvalue weighted by atomic mass is 10.3. The van der Waals surface area contributed by atoms with Crippen molar-refractivity contribution in [3.05, 3.63) is 22.7 Å². The summed E-state index contributed by atoms with van der Waals surface area (Å²) in [5.74, 6) is 0.713. The average molecular weight is 287 g/mol. The molecule has 0 aromatic heterocycles. The summed E-state index contributed by atoms with van der Waals surface area (Å²) in [7, 11) is 1.60. The fourth-order valence-electron chi connectivity index (χ4n) is 1.21. The zero-order chi connectivity index (χ0) is 12.0. The number of likely N-dealkylation sites (N-methyl/N-ethyl adjacent to an activating group) is 1. The van der Waals surface area contributed by atoms with E-state index in [1.54, 1.807) is 7.11 Å². The van der Waals surface area contributed by atoms with Gasteiger partial charge in [-0.3, -0.25) is 4.79 Å². The average Bonchev–Trinajstić information content (AvgIpc) is 2.28. The fourth-order valence-corrected chi connectivity index (χ4v) is 1.62. The van der Waals surface area contributed by atoms with Crippen molar-refractivity contribution in [2.45, 2.75) is 6.92 Å². The largest absolute Gasteiger partial charge is 0.495 e. The van der Waals surface area contributed by atoms with Gasteiger partial charge in [-0.1, -0.05) is 0 Å². The van der Waals surface area contributed by atoms with Gasteiger partial charge in [0.25, 0.3) is 0 Å². The number of halogens is 1. The molecule has 0 aliphatic rings. The first-order chi connectivity index (χ1) is 7.67. The molecule has 1 aromatic rings. The standard InChI is InChI=1S/C11H15BrN2O2/c1-3-13-11(15)7-14-8-4-5-9(12)10(6-8)16-2/h4-6,14H,3,7H2,1-2H3,(H,13,15). The number of hydrogen-bond donors (Lipinski definition) is 2. The quantitative estimate of drug-likeness (QED) is 0.871. The van der Waals surface area contributed by atoms with Crippen LogP contribution in [0.5, 0.6) is 5.75 Å². The van der Waals surface area contributed by atoms with Crippen LogP contribution in [0, 0.1) is 0 Å². The molecule has 0 saturated carbocycles. The Morgan fingerprint density at radius 1 is 1.50 bits per heavy atom. The predicted octanol–water partition coefficient (Wildman–Crippen LogP) is 2.01. The minimum Gasteiger partial charge on any atom is -0.495 e. The molecular weight excluding hydrogens is 272 g/mol. The molecule has 1 aromatic carbocycles. The molecule has 88 valence electrons. The summed E-state index contributed by atoms with van der Waals surface area (Å²) in [5, 5.41) is 5.73. The van der Waals surface area contributed by atoms with Gasteiger partial charge in [-0.25, -0.2) is 0 Å². The molecule has 0 atom stereocenters. The topological polar surface area (TPSA) is 50.4 Å². The van der Waals surface area contributed by atoms with Gasteiger partial charge in [0, 0.05) is 18.3 Å². The van der Waals surface area contributed by atoms with Crippen molar-refractivity contribution >= 4 is 27.5 Å². The summed E-state index contributed by atoms with van der Waals surface area (Å²) in [6, 6.07) is 5.59. The van der Waals surface area contributed by atoms with Gasteiger partial charge in [0.2, 0.25) is 5.91 Å². The van der Waals surface area contributed by atoms with Crippen molar-refractivity contribution in [3.8, 4) is 5.75 Å². The van der Waals surface area contributed by atoms with E-state index >= 15 is 0 Å². The van der Waals surface area contributed by atoms with Crippen molar-refractivity contribution in [2.24, 2.45) is 0 Å². The van der Waals surface area contributed by atoms with Crippen molar-refractivity contribution < 1.29 is 9.53 Å². The molecule has 1 amide bonds. The Morgan fingerprint density at radius 3 is 2.88 bits per heavy atom. The summed E-state index contributed by atoms with van der Waals surface area (Å²) in [4.78, 5) is 11.2. The third-order valence-electron chi connectivity index (χ3n) is 1.98. The molecule has 0 heterocycles. The lowest BCUT2D eigenvalue weighted by Crippen LogP contribution is -2.29. The minimum absolute atomic E-state index is 0.0237. The van der Waals surface area contributed by atoms with Gasteiger partial charge in [-0.15, -0.1) is 0 Å². The molecule has 16 heavy (non-hydrogen) atoms. The summed E-state index contributed by atoms with van der Waals surface area (Å²) in [6.45, 7) is 2.79. The van der Waals surface area contributed by atoms with Crippen LogP contribution in [0.15, 0.2) is 22.7 Å². The van der Waals surface area contributed by atoms with Crippen LogP contribution in [0.4, 0.5) is 5.69 Å². The van der Waals surface area contributed by atoms with Crippen LogP contribution in [0.25, 0.3) is 0 Å². The molecule has 0 bridgehead atoms. The molecule has 0 aliphatic heterocycles. The Balaban J connectivity index is 2.57. The number of amides is 1. The van der Waals surface area contributed by atoms with E-state index in [-0.39, 0.29) is 12.5 Å². The number of ether oxygens (including phenoxy) is 1. The predicted molar refractivity (Wildman–Crippen MR) is 67.9 cm³/mol. The number of benzene rings is 1. The Hall–Kier alpha value is -1.23. The number of nitrogens with one attached hydrogen (secondary N) is 2. The summed E-state index contributed by atoms with van der Waals surface area (Å²) >= 11 is 3.36. The van der Waals surface area contributed by atoms with Gasteiger partial charge in [0.15, 0.2) is 0 Å². The summed E-state index contributed by atoms with van der Waals surface area (Å²) in [5.41, 5.74) is 0.853. The number of anilines is 1. The van der Waals surface area contributed by atoms with Gasteiger partial charge in [0.05, 0.1) is 18.1 Å². The highest BCUT2D eigenvalue weighted by atomic mass is 79.9. The third kappa shape index (κ3) is 3.73. The van der Waals surface area contributed by atoms with Gasteiger partial charge in [-0.2, -0.15) is 0 Å². The Bertz CT molecular complexity index is 369. The van der Waals surface area contributed by atoms with Gasteiger partial charge >= 0.3 is 0 Å². The maximum Gasteiger partial charge on any atom is 0.239 e. The number of rotatable bonds is 5. The van der Waals surface area contributed by atoms with Crippen LogP contribution < -0.4 is 15.4 Å². The number of carbonyl (C=O) groups excluding carboxylic acids is 1. The molecule has 2 N–H and O–H groups in total. The molecule has 0 unspecified atom stereocenters. The Labute approximate surface area is 103 Å². The maximum absolute atomic E-state index is 11.2. The van der Waals surface area contributed by atoms with E-state index < -0.39 is 0 Å². The van der Waals surface area contributed by atoms with Crippen molar-refractivity contribution in [2.75, 3.05) is 25.5 Å². The van der Waals surface area contributed by atoms with Gasteiger partial charge in [-0.05, 0) is 35.0 Å². The second kappa shape index (κ2) is 6.37. The maximum atomic E-state index is 11.2. The highest BCUT2D eigenvalue weighted by molar-refractivity contribution is 9.10. The Kier molecular flexibility index (Phi) is 5.11. The molecule has 0 fully saturated rings. The molecule has 0 saturated heterocycles. The second-order valence-corrected chi connectivity index (χ2v) is 4.01. The summed E-state index contributed by atoms with van der Waals surface area (Å²) < 4.78 is 6.04. The number of carbonyl (C=O) groups is 1. The van der Waals surface area contributed by atoms with Crippen LogP contribution in [0.2, 0.25) is 0 Å². The van der Waals surface area contributed by atoms with Gasteiger partial charge in [0.1, 0.15) is 5.75 Å². The normalized spacial score (nSPS) is 9.69. The zero-order valence-corrected chi connectivity index (χ0v) is 10.9. The first-order valence-electron chi connectivity index (χ1n) is 5.01. The van der Waals surface area contributed by atoms with E-state index in [1.807, 2.05) is 25.1 Å². The molecule has 1 rings (SSSR count). The smallest absolute Gasteiger partial charge is 0.239 e. The number of hydrogen-bond acceptors (Lipinski definition) is 3. The molecule has 4 nitrogen and oxygen atoms in total. The fraction of sp³-hybridized carbons (Fsp3) is 0.364. The first-order valence-corrected chi connectivity index (χ1v) is 5.80. The first kappa shape index (κ1) is 12.8. The van der Waals surface area contributed by atoms with E-state index in [4.69, 9.17) is 4.74 Å². The lowest BCUT2D eigenvalue weighted by molar-refractivity contribution is -0.119. The van der Waals surface area contributed by atoms with Crippen LogP contribution in [0.3, 0.4) is 0 Å². The van der Waals surface area contributed by atoms with E-state index in [2.05, 4.69) is 26.6 Å². The van der Waals surface area contributed by atoms with Crippen molar-refractivity contribution in [3.63, 3.8) is 0 Å². The molecular formula is C11H15BrN2O2. The van der Waals surface area contributed by atoms with E-state index in [0.29, 0.717) is 6.54 Å². The van der Waals surface area contributed by atoms with Crippen LogP contribution in [-0.2, 0) is 4.79 Å². The van der Waals surface area contributed by atoms with E-state index in [9.17, 15) is 4.79 Å². The van der Waals surface area contributed by atoms with Crippen LogP contribution in [-0.4, -0.2) is 26.1 Å². The number of methoxy groups -OCH3 is 1. The second-order valence-electron chi connectivity index (χ2n) is 3.16. The van der Waals surface area contributed by atoms with E-state index in [1.165, 1.54) is 0 Å².